The number of rotatable bonds is 7. The van der Waals surface area contributed by atoms with Crippen molar-refractivity contribution in [3.8, 4) is 0 Å². The van der Waals surface area contributed by atoms with Crippen molar-refractivity contribution in [2.45, 2.75) is 25.9 Å². The topological polar surface area (TPSA) is 49.8 Å². The Kier molecular flexibility index (Phi) is 6.99. The van der Waals surface area contributed by atoms with Gasteiger partial charge in [-0.05, 0) is 30.5 Å². The van der Waals surface area contributed by atoms with Crippen molar-refractivity contribution in [1.29, 1.82) is 0 Å². The zero-order valence-electron chi connectivity index (χ0n) is 12.2. The Labute approximate surface area is 125 Å². The summed E-state index contributed by atoms with van der Waals surface area (Å²) >= 11 is 6.05. The number of likely N-dealkylation sites (N-methyl/N-ethyl adjacent to an activating group) is 1. The Hall–Kier alpha value is -1.10. The van der Waals surface area contributed by atoms with E-state index < -0.39 is 6.10 Å². The molecular weight excluding hydrogens is 278 g/mol. The number of carbonyl (C=O) groups is 1. The lowest BCUT2D eigenvalue weighted by Crippen LogP contribution is -2.36. The van der Waals surface area contributed by atoms with Crippen LogP contribution < -0.4 is 0 Å². The Morgan fingerprint density at radius 1 is 1.50 bits per heavy atom. The largest absolute Gasteiger partial charge is 0.389 e. The minimum absolute atomic E-state index is 0.00292. The lowest BCUT2D eigenvalue weighted by atomic mass is 10.1. The first kappa shape index (κ1) is 17.0. The van der Waals surface area contributed by atoms with Gasteiger partial charge >= 0.3 is 0 Å². The number of aryl methyl sites for hydroxylation is 2. The minimum Gasteiger partial charge on any atom is -0.389 e. The van der Waals surface area contributed by atoms with Gasteiger partial charge in [0.25, 0.3) is 0 Å². The summed E-state index contributed by atoms with van der Waals surface area (Å²) in [5.41, 5.74) is 2.07. The van der Waals surface area contributed by atoms with Crippen LogP contribution in [0, 0.1) is 6.92 Å². The van der Waals surface area contributed by atoms with Gasteiger partial charge in [0.05, 0.1) is 12.7 Å². The van der Waals surface area contributed by atoms with Crippen LogP contribution in [0.1, 0.15) is 17.5 Å². The van der Waals surface area contributed by atoms with E-state index in [9.17, 15) is 9.90 Å². The first-order valence-electron chi connectivity index (χ1n) is 6.60. The van der Waals surface area contributed by atoms with Gasteiger partial charge in [0, 0.05) is 32.1 Å². The number of hydrogen-bond acceptors (Lipinski definition) is 3. The van der Waals surface area contributed by atoms with Gasteiger partial charge in [-0.25, -0.2) is 0 Å². The van der Waals surface area contributed by atoms with E-state index in [1.807, 2.05) is 25.1 Å². The van der Waals surface area contributed by atoms with Crippen molar-refractivity contribution in [1.82, 2.24) is 4.90 Å². The Morgan fingerprint density at radius 3 is 2.80 bits per heavy atom. The summed E-state index contributed by atoms with van der Waals surface area (Å²) in [4.78, 5) is 13.5. The average Bonchev–Trinajstić information content (AvgIpc) is 2.39. The van der Waals surface area contributed by atoms with Gasteiger partial charge < -0.3 is 14.7 Å². The molecule has 1 amide bonds. The molecule has 1 atom stereocenters. The van der Waals surface area contributed by atoms with Gasteiger partial charge in [-0.2, -0.15) is 0 Å². The molecule has 0 saturated carbocycles. The summed E-state index contributed by atoms with van der Waals surface area (Å²) < 4.78 is 4.84. The third kappa shape index (κ3) is 5.49. The zero-order valence-corrected chi connectivity index (χ0v) is 13.0. The third-order valence-electron chi connectivity index (χ3n) is 3.13. The average molecular weight is 300 g/mol. The number of aliphatic hydroxyl groups excluding tert-OH is 1. The van der Waals surface area contributed by atoms with Crippen molar-refractivity contribution in [3.05, 3.63) is 34.3 Å². The van der Waals surface area contributed by atoms with Crippen LogP contribution in [0.15, 0.2) is 18.2 Å². The fraction of sp³-hybridized carbons (Fsp3) is 0.533. The highest BCUT2D eigenvalue weighted by Gasteiger charge is 2.13. The molecule has 0 bridgehead atoms. The molecule has 1 aromatic rings. The van der Waals surface area contributed by atoms with Crippen LogP contribution >= 0.6 is 11.6 Å². The van der Waals surface area contributed by atoms with Gasteiger partial charge in [-0.1, -0.05) is 23.7 Å². The summed E-state index contributed by atoms with van der Waals surface area (Å²) in [7, 11) is 3.20. The molecule has 20 heavy (non-hydrogen) atoms. The summed E-state index contributed by atoms with van der Waals surface area (Å²) in [6.07, 6.45) is 0.391. The van der Waals surface area contributed by atoms with Crippen LogP contribution in [-0.4, -0.2) is 49.3 Å². The van der Waals surface area contributed by atoms with Gasteiger partial charge in [-0.15, -0.1) is 0 Å². The molecule has 4 nitrogen and oxygen atoms in total. The zero-order chi connectivity index (χ0) is 15.1. The molecule has 0 radical (unpaired) electrons. The predicted molar refractivity (Wildman–Crippen MR) is 80.0 cm³/mol. The van der Waals surface area contributed by atoms with Crippen LogP contribution in [-0.2, 0) is 16.0 Å². The van der Waals surface area contributed by atoms with E-state index in [4.69, 9.17) is 16.3 Å². The molecule has 1 unspecified atom stereocenters. The Bertz CT molecular complexity index is 451. The number of nitrogens with zero attached hydrogens (tertiary/aromatic N) is 1. The molecule has 1 aromatic carbocycles. The number of halogens is 1. The van der Waals surface area contributed by atoms with E-state index in [1.165, 1.54) is 12.0 Å². The molecular formula is C15H22ClNO3. The van der Waals surface area contributed by atoms with Crippen LogP contribution in [0.25, 0.3) is 0 Å². The van der Waals surface area contributed by atoms with Gasteiger partial charge in [0.1, 0.15) is 0 Å². The number of ether oxygens (including phenoxy) is 1. The number of amides is 1. The van der Waals surface area contributed by atoms with E-state index in [2.05, 4.69) is 0 Å². The third-order valence-corrected chi connectivity index (χ3v) is 3.54. The van der Waals surface area contributed by atoms with Gasteiger partial charge in [-0.3, -0.25) is 4.79 Å². The normalized spacial score (nSPS) is 12.2. The van der Waals surface area contributed by atoms with E-state index in [0.29, 0.717) is 12.8 Å². The minimum atomic E-state index is -0.650. The number of hydrogen-bond donors (Lipinski definition) is 1. The highest BCUT2D eigenvalue weighted by molar-refractivity contribution is 6.31. The molecule has 5 heteroatoms. The molecule has 0 heterocycles. The molecule has 0 spiro atoms. The summed E-state index contributed by atoms with van der Waals surface area (Å²) in [6, 6.07) is 5.83. The second-order valence-electron chi connectivity index (χ2n) is 4.97. The molecule has 0 aliphatic rings. The summed E-state index contributed by atoms with van der Waals surface area (Å²) in [5, 5.41) is 10.3. The smallest absolute Gasteiger partial charge is 0.222 e. The van der Waals surface area contributed by atoms with E-state index in [1.54, 1.807) is 7.05 Å². The van der Waals surface area contributed by atoms with E-state index in [0.717, 1.165) is 16.1 Å². The van der Waals surface area contributed by atoms with Crippen LogP contribution in [0.2, 0.25) is 5.02 Å². The van der Waals surface area contributed by atoms with Crippen molar-refractivity contribution in [2.24, 2.45) is 0 Å². The molecule has 0 aliphatic heterocycles. The van der Waals surface area contributed by atoms with Crippen molar-refractivity contribution in [3.63, 3.8) is 0 Å². The SMILES string of the molecule is COCC(O)CN(C)C(=O)CCc1ccc(C)c(Cl)c1. The number of benzene rings is 1. The highest BCUT2D eigenvalue weighted by Crippen LogP contribution is 2.17. The molecule has 1 N–H and O–H groups in total. The monoisotopic (exact) mass is 299 g/mol. The first-order valence-corrected chi connectivity index (χ1v) is 6.97. The predicted octanol–water partition coefficient (Wildman–Crippen LogP) is 2.05. The fourth-order valence-corrected chi connectivity index (χ4v) is 2.10. The lowest BCUT2D eigenvalue weighted by Gasteiger charge is -2.20. The van der Waals surface area contributed by atoms with Crippen molar-refractivity contribution < 1.29 is 14.6 Å². The van der Waals surface area contributed by atoms with Gasteiger partial charge in [0.2, 0.25) is 5.91 Å². The fourth-order valence-electron chi connectivity index (χ4n) is 1.90. The van der Waals surface area contributed by atoms with Crippen molar-refractivity contribution >= 4 is 17.5 Å². The second-order valence-corrected chi connectivity index (χ2v) is 5.37. The van der Waals surface area contributed by atoms with Crippen LogP contribution in [0.5, 0.6) is 0 Å². The maximum Gasteiger partial charge on any atom is 0.222 e. The summed E-state index contributed by atoms with van der Waals surface area (Å²) in [5.74, 6) is -0.00292. The first-order chi connectivity index (χ1) is 9.43. The second kappa shape index (κ2) is 8.25. The van der Waals surface area contributed by atoms with Crippen LogP contribution in [0.3, 0.4) is 0 Å². The summed E-state index contributed by atoms with van der Waals surface area (Å²) in [6.45, 7) is 2.45. The quantitative estimate of drug-likeness (QED) is 0.838. The highest BCUT2D eigenvalue weighted by atomic mass is 35.5. The van der Waals surface area contributed by atoms with Crippen molar-refractivity contribution in [2.75, 3.05) is 27.3 Å². The maximum atomic E-state index is 11.9. The lowest BCUT2D eigenvalue weighted by molar-refractivity contribution is -0.131. The number of aliphatic hydroxyl groups is 1. The van der Waals surface area contributed by atoms with E-state index >= 15 is 0 Å². The molecule has 1 rings (SSSR count). The Balaban J connectivity index is 2.44. The number of methoxy groups -OCH3 is 1. The Morgan fingerprint density at radius 2 is 2.20 bits per heavy atom. The molecule has 0 aliphatic carbocycles. The molecule has 112 valence electrons. The molecule has 0 saturated heterocycles. The number of carbonyl (C=O) groups excluding carboxylic acids is 1. The maximum absolute atomic E-state index is 11.9. The van der Waals surface area contributed by atoms with Gasteiger partial charge in [0.15, 0.2) is 0 Å². The van der Waals surface area contributed by atoms with E-state index in [-0.39, 0.29) is 19.1 Å². The van der Waals surface area contributed by atoms with Crippen LogP contribution in [0.4, 0.5) is 0 Å². The molecule has 0 fully saturated rings. The standard InChI is InChI=1S/C15H22ClNO3/c1-11-4-5-12(8-14(11)16)6-7-15(19)17(2)9-13(18)10-20-3/h4-5,8,13,18H,6-7,9-10H2,1-3H3. The molecule has 0 aromatic heterocycles.